The summed E-state index contributed by atoms with van der Waals surface area (Å²) in [6.45, 7) is 2.32. The minimum Gasteiger partial charge on any atom is -0.460 e. The highest BCUT2D eigenvalue weighted by molar-refractivity contribution is 6.13. The van der Waals surface area contributed by atoms with Crippen molar-refractivity contribution in [3.8, 4) is 33.6 Å². The first-order valence-electron chi connectivity index (χ1n) is 21.1. The second kappa shape index (κ2) is 12.5. The van der Waals surface area contributed by atoms with Crippen LogP contribution in [0.4, 0.5) is 0 Å². The van der Waals surface area contributed by atoms with Gasteiger partial charge in [0.2, 0.25) is 0 Å². The number of aryl methyl sites for hydroxylation is 1. The van der Waals surface area contributed by atoms with Crippen LogP contribution in [0.2, 0.25) is 0 Å². The van der Waals surface area contributed by atoms with Gasteiger partial charge in [0, 0.05) is 90.4 Å². The molecule has 59 heavy (non-hydrogen) atoms. The molecule has 4 heterocycles. The predicted octanol–water partition coefficient (Wildman–Crippen LogP) is 14.5. The van der Waals surface area contributed by atoms with E-state index in [1.165, 1.54) is 66.5 Å². The summed E-state index contributed by atoms with van der Waals surface area (Å²) in [5, 5.41) is 6.01. The molecule has 0 aliphatic heterocycles. The highest BCUT2D eigenvalue weighted by atomic mass is 16.3. The van der Waals surface area contributed by atoms with Gasteiger partial charge in [0.05, 0.1) is 11.0 Å². The Bertz CT molecular complexity index is 3480. The summed E-state index contributed by atoms with van der Waals surface area (Å²) in [5.41, 5.74) is 17.8. The third-order valence-corrected chi connectivity index (χ3v) is 13.4. The topological polar surface area (TPSA) is 36.1 Å². The fourth-order valence-corrected chi connectivity index (χ4v) is 10.7. The molecule has 0 saturated heterocycles. The number of aromatic nitrogens is 2. The summed E-state index contributed by atoms with van der Waals surface area (Å²) in [6.07, 6.45) is 17.3. The van der Waals surface area contributed by atoms with E-state index in [-0.39, 0.29) is 0 Å². The first-order chi connectivity index (χ1) is 29.2. The zero-order valence-corrected chi connectivity index (χ0v) is 32.8. The zero-order chi connectivity index (χ0) is 38.8. The van der Waals surface area contributed by atoms with Gasteiger partial charge in [0.1, 0.15) is 22.5 Å². The summed E-state index contributed by atoms with van der Waals surface area (Å²) < 4.78 is 18.3. The minimum absolute atomic E-state index is 0.352. The van der Waals surface area contributed by atoms with Gasteiger partial charge in [0.25, 0.3) is 0 Å². The zero-order valence-electron chi connectivity index (χ0n) is 32.8. The van der Waals surface area contributed by atoms with E-state index in [0.29, 0.717) is 11.8 Å². The van der Waals surface area contributed by atoms with Crippen molar-refractivity contribution in [2.45, 2.75) is 38.5 Å². The molecule has 0 saturated carbocycles. The lowest BCUT2D eigenvalue weighted by Crippen LogP contribution is -2.11. The molecule has 3 aliphatic carbocycles. The second-order valence-electron chi connectivity index (χ2n) is 16.7. The van der Waals surface area contributed by atoms with Gasteiger partial charge < -0.3 is 18.0 Å². The maximum absolute atomic E-state index is 6.61. The van der Waals surface area contributed by atoms with Crippen LogP contribution in [0.25, 0.3) is 94.4 Å². The molecule has 0 amide bonds. The first-order valence-corrected chi connectivity index (χ1v) is 21.1. The second-order valence-corrected chi connectivity index (χ2v) is 16.7. The Kier molecular flexibility index (Phi) is 6.98. The van der Waals surface area contributed by atoms with E-state index in [1.54, 1.807) is 0 Å². The molecule has 0 radical (unpaired) electrons. The SMILES string of the molecule is CC1C=CC=CC1c1cccc(-n2c3c(c4ccccc42)-c2c(n(-c4ccc5c6c(oc5c4)CCC=C6)c4ccc(-c5cccc6c5oc5ccccc56)cc24)CC3)c1. The van der Waals surface area contributed by atoms with Crippen molar-refractivity contribution in [3.05, 3.63) is 186 Å². The Hall–Kier alpha value is -7.04. The molecule has 0 bridgehead atoms. The van der Waals surface area contributed by atoms with Crippen LogP contribution in [0.1, 0.15) is 47.5 Å². The lowest BCUT2D eigenvalue weighted by atomic mass is 9.84. The average molecular weight is 761 g/mol. The smallest absolute Gasteiger partial charge is 0.143 e. The minimum atomic E-state index is 0.352. The molecule has 0 fully saturated rings. The Balaban J connectivity index is 1.07. The van der Waals surface area contributed by atoms with Crippen LogP contribution in [0.3, 0.4) is 0 Å². The number of hydrogen-bond donors (Lipinski definition) is 0. The van der Waals surface area contributed by atoms with Crippen LogP contribution in [0, 0.1) is 5.92 Å². The van der Waals surface area contributed by atoms with Crippen molar-refractivity contribution in [1.29, 1.82) is 0 Å². The van der Waals surface area contributed by atoms with Gasteiger partial charge >= 0.3 is 0 Å². The highest BCUT2D eigenvalue weighted by Crippen LogP contribution is 2.49. The van der Waals surface area contributed by atoms with E-state index in [0.717, 1.165) is 75.8 Å². The molecule has 6 aromatic carbocycles. The molecular formula is C55H40N2O2. The number of rotatable bonds is 4. The maximum atomic E-state index is 6.61. The number of furan rings is 2. The van der Waals surface area contributed by atoms with Crippen molar-refractivity contribution in [1.82, 2.24) is 9.13 Å². The lowest BCUT2D eigenvalue weighted by Gasteiger charge is -2.23. The molecule has 4 nitrogen and oxygen atoms in total. The molecule has 0 spiro atoms. The fraction of sp³-hybridized carbons (Fsp3) is 0.127. The molecular weight excluding hydrogens is 721 g/mol. The van der Waals surface area contributed by atoms with Crippen LogP contribution in [0.15, 0.2) is 167 Å². The van der Waals surface area contributed by atoms with Gasteiger partial charge in [-0.15, -0.1) is 0 Å². The van der Waals surface area contributed by atoms with E-state index >= 15 is 0 Å². The van der Waals surface area contributed by atoms with Gasteiger partial charge in [-0.2, -0.15) is 0 Å². The summed E-state index contributed by atoms with van der Waals surface area (Å²) in [7, 11) is 0. The van der Waals surface area contributed by atoms with Crippen LogP contribution < -0.4 is 0 Å². The molecule has 282 valence electrons. The van der Waals surface area contributed by atoms with Gasteiger partial charge in [-0.25, -0.2) is 0 Å². The number of nitrogens with zero attached hydrogens (tertiary/aromatic N) is 2. The van der Waals surface area contributed by atoms with E-state index in [2.05, 4.69) is 174 Å². The summed E-state index contributed by atoms with van der Waals surface area (Å²) in [4.78, 5) is 0. The molecule has 10 aromatic rings. The highest BCUT2D eigenvalue weighted by Gasteiger charge is 2.32. The Morgan fingerprint density at radius 1 is 0.559 bits per heavy atom. The first kappa shape index (κ1) is 33.0. The van der Waals surface area contributed by atoms with Crippen LogP contribution in [-0.4, -0.2) is 9.13 Å². The molecule has 3 aliphatic rings. The Morgan fingerprint density at radius 2 is 1.32 bits per heavy atom. The monoisotopic (exact) mass is 760 g/mol. The van der Waals surface area contributed by atoms with Crippen LogP contribution in [-0.2, 0) is 19.3 Å². The molecule has 4 aromatic heterocycles. The number of allylic oxidation sites excluding steroid dienone is 5. The number of hydrogen-bond acceptors (Lipinski definition) is 2. The van der Waals surface area contributed by atoms with Gasteiger partial charge in [0.15, 0.2) is 0 Å². The van der Waals surface area contributed by atoms with E-state index in [9.17, 15) is 0 Å². The Labute approximate surface area is 341 Å². The van der Waals surface area contributed by atoms with Crippen LogP contribution >= 0.6 is 0 Å². The summed E-state index contributed by atoms with van der Waals surface area (Å²) in [6, 6.07) is 47.1. The van der Waals surface area contributed by atoms with Gasteiger partial charge in [-0.3, -0.25) is 0 Å². The Morgan fingerprint density at radius 3 is 2.22 bits per heavy atom. The normalized spacial score (nSPS) is 17.1. The number of para-hydroxylation sites is 3. The lowest BCUT2D eigenvalue weighted by molar-refractivity contribution is 0.546. The number of benzene rings is 6. The molecule has 2 unspecified atom stereocenters. The maximum Gasteiger partial charge on any atom is 0.143 e. The fourth-order valence-electron chi connectivity index (χ4n) is 10.7. The number of fused-ring (bicyclic) bond motifs is 13. The van der Waals surface area contributed by atoms with Gasteiger partial charge in [-0.1, -0.05) is 116 Å². The van der Waals surface area contributed by atoms with Crippen LogP contribution in [0.5, 0.6) is 0 Å². The van der Waals surface area contributed by atoms with E-state index < -0.39 is 0 Å². The average Bonchev–Trinajstić information content (AvgIpc) is 4.03. The summed E-state index contributed by atoms with van der Waals surface area (Å²) >= 11 is 0. The third-order valence-electron chi connectivity index (χ3n) is 13.4. The van der Waals surface area contributed by atoms with Crippen molar-refractivity contribution in [2.24, 2.45) is 5.92 Å². The van der Waals surface area contributed by atoms with E-state index in [1.807, 2.05) is 6.07 Å². The molecule has 2 atom stereocenters. The van der Waals surface area contributed by atoms with Crippen molar-refractivity contribution in [3.63, 3.8) is 0 Å². The molecule has 13 rings (SSSR count). The summed E-state index contributed by atoms with van der Waals surface area (Å²) in [5.74, 6) is 1.89. The predicted molar refractivity (Wildman–Crippen MR) is 243 cm³/mol. The largest absolute Gasteiger partial charge is 0.460 e. The van der Waals surface area contributed by atoms with Crippen molar-refractivity contribution in [2.75, 3.05) is 0 Å². The molecule has 0 N–H and O–H groups in total. The third kappa shape index (κ3) is 4.77. The van der Waals surface area contributed by atoms with Crippen molar-refractivity contribution >= 4 is 60.8 Å². The molecule has 4 heteroatoms. The standard InChI is InChI=1S/C55H40N2O2/c1-33-12-2-3-15-38(33)34-13-10-14-36(30-34)56-46-21-7-4-18-44(46)53-48(56)28-29-49-54(53)45-31-35(39-19-11-20-43-41-17-6-9-23-51(41)59-55(39)43)24-27-47(45)57(49)37-25-26-42-40-16-5-8-22-50(40)58-52(42)32-37/h2-7,9-21,23-27,30-33,38H,8,22,28-29H2,1H3. The van der Waals surface area contributed by atoms with E-state index in [4.69, 9.17) is 8.83 Å². The van der Waals surface area contributed by atoms with Gasteiger partial charge in [-0.05, 0) is 84.8 Å². The van der Waals surface area contributed by atoms with Crippen molar-refractivity contribution < 1.29 is 8.83 Å². The quantitative estimate of drug-likeness (QED) is 0.179.